The van der Waals surface area contributed by atoms with Gasteiger partial charge in [-0.2, -0.15) is 0 Å². The molecule has 0 amide bonds. The highest BCUT2D eigenvalue weighted by atomic mass is 35.5. The standard InChI is InChI=1S/C18H16ClNO4S/c1-10(2)23-16-12(19)7-11(9-14(16)22-3)8-13-18(21)24-17(20-13)15-5-4-6-25-15/h4-10H,1-3H3. The predicted octanol–water partition coefficient (Wildman–Crippen LogP) is 4.54. The van der Waals surface area contributed by atoms with E-state index in [1.54, 1.807) is 18.2 Å². The van der Waals surface area contributed by atoms with E-state index in [9.17, 15) is 4.79 Å². The molecule has 0 aliphatic carbocycles. The summed E-state index contributed by atoms with van der Waals surface area (Å²) in [5.74, 6) is 0.769. The van der Waals surface area contributed by atoms with Crippen molar-refractivity contribution < 1.29 is 19.0 Å². The predicted molar refractivity (Wildman–Crippen MR) is 98.7 cm³/mol. The van der Waals surface area contributed by atoms with Crippen molar-refractivity contribution >= 4 is 40.9 Å². The highest BCUT2D eigenvalue weighted by molar-refractivity contribution is 7.12. The summed E-state index contributed by atoms with van der Waals surface area (Å²) < 4.78 is 16.3. The number of benzene rings is 1. The Labute approximate surface area is 154 Å². The molecule has 2 aromatic rings. The zero-order valence-electron chi connectivity index (χ0n) is 13.9. The summed E-state index contributed by atoms with van der Waals surface area (Å²) in [5, 5.41) is 2.29. The highest BCUT2D eigenvalue weighted by Crippen LogP contribution is 2.38. The van der Waals surface area contributed by atoms with Crippen molar-refractivity contribution in [2.75, 3.05) is 7.11 Å². The molecule has 1 aliphatic heterocycles. The van der Waals surface area contributed by atoms with Gasteiger partial charge in [0.05, 0.1) is 23.1 Å². The zero-order valence-corrected chi connectivity index (χ0v) is 15.5. The van der Waals surface area contributed by atoms with Crippen molar-refractivity contribution in [2.45, 2.75) is 20.0 Å². The average Bonchev–Trinajstić information content (AvgIpc) is 3.20. The summed E-state index contributed by atoms with van der Waals surface area (Å²) in [6.45, 7) is 3.81. The quantitative estimate of drug-likeness (QED) is 0.567. The molecule has 1 aromatic heterocycles. The molecular formula is C18H16ClNO4S. The number of carbonyl (C=O) groups excluding carboxylic acids is 1. The summed E-state index contributed by atoms with van der Waals surface area (Å²) in [4.78, 5) is 17.1. The summed E-state index contributed by atoms with van der Waals surface area (Å²) >= 11 is 7.76. The molecule has 130 valence electrons. The molecule has 2 heterocycles. The minimum absolute atomic E-state index is 0.0432. The lowest BCUT2D eigenvalue weighted by molar-refractivity contribution is -0.129. The van der Waals surface area contributed by atoms with Crippen LogP contribution < -0.4 is 9.47 Å². The Bertz CT molecular complexity index is 856. The van der Waals surface area contributed by atoms with E-state index in [4.69, 9.17) is 25.8 Å². The van der Waals surface area contributed by atoms with Crippen molar-refractivity contribution in [1.82, 2.24) is 0 Å². The van der Waals surface area contributed by atoms with E-state index < -0.39 is 5.97 Å². The molecule has 0 saturated carbocycles. The number of hydrogen-bond acceptors (Lipinski definition) is 6. The SMILES string of the molecule is COc1cc(C=C2N=C(c3cccs3)OC2=O)cc(Cl)c1OC(C)C. The molecule has 7 heteroatoms. The van der Waals surface area contributed by atoms with Gasteiger partial charge in [0.2, 0.25) is 5.90 Å². The van der Waals surface area contributed by atoms with Crippen molar-refractivity contribution in [1.29, 1.82) is 0 Å². The number of nitrogens with zero attached hydrogens (tertiary/aromatic N) is 1. The molecule has 0 radical (unpaired) electrons. The third-order valence-electron chi connectivity index (χ3n) is 3.26. The molecule has 25 heavy (non-hydrogen) atoms. The number of rotatable bonds is 5. The molecule has 0 spiro atoms. The molecule has 0 atom stereocenters. The monoisotopic (exact) mass is 377 g/mol. The minimum atomic E-state index is -0.499. The van der Waals surface area contributed by atoms with E-state index in [-0.39, 0.29) is 11.8 Å². The second-order valence-corrected chi connectivity index (χ2v) is 6.87. The van der Waals surface area contributed by atoms with Gasteiger partial charge < -0.3 is 14.2 Å². The van der Waals surface area contributed by atoms with Crippen LogP contribution in [0.15, 0.2) is 40.3 Å². The van der Waals surface area contributed by atoms with Crippen LogP contribution in [0.25, 0.3) is 6.08 Å². The van der Waals surface area contributed by atoms with Crippen LogP contribution in [0, 0.1) is 0 Å². The second-order valence-electron chi connectivity index (χ2n) is 5.51. The number of carbonyl (C=O) groups is 1. The number of esters is 1. The number of halogens is 1. The maximum atomic E-state index is 12.0. The lowest BCUT2D eigenvalue weighted by Gasteiger charge is -2.15. The molecule has 0 fully saturated rings. The van der Waals surface area contributed by atoms with Crippen LogP contribution in [0.5, 0.6) is 11.5 Å². The third kappa shape index (κ3) is 3.86. The first-order valence-electron chi connectivity index (χ1n) is 7.58. The maximum Gasteiger partial charge on any atom is 0.363 e. The molecule has 0 N–H and O–H groups in total. The average molecular weight is 378 g/mol. The molecule has 5 nitrogen and oxygen atoms in total. The Morgan fingerprint density at radius 2 is 2.16 bits per heavy atom. The van der Waals surface area contributed by atoms with E-state index in [1.165, 1.54) is 18.4 Å². The Morgan fingerprint density at radius 1 is 1.36 bits per heavy atom. The van der Waals surface area contributed by atoms with Gasteiger partial charge in [-0.1, -0.05) is 17.7 Å². The largest absolute Gasteiger partial charge is 0.493 e. The van der Waals surface area contributed by atoms with Crippen LogP contribution in [0.3, 0.4) is 0 Å². The van der Waals surface area contributed by atoms with Crippen LogP contribution in [0.1, 0.15) is 24.3 Å². The summed E-state index contributed by atoms with van der Waals surface area (Å²) in [6, 6.07) is 7.15. The Morgan fingerprint density at radius 3 is 2.80 bits per heavy atom. The molecule has 1 aromatic carbocycles. The zero-order chi connectivity index (χ0) is 18.0. The number of methoxy groups -OCH3 is 1. The normalized spacial score (nSPS) is 15.5. The molecule has 0 bridgehead atoms. The lowest BCUT2D eigenvalue weighted by Crippen LogP contribution is -2.07. The van der Waals surface area contributed by atoms with Gasteiger partial charge in [0.1, 0.15) is 0 Å². The Hall–Kier alpha value is -2.31. The van der Waals surface area contributed by atoms with E-state index in [1.807, 2.05) is 31.4 Å². The molecule has 3 rings (SSSR count). The van der Waals surface area contributed by atoms with E-state index in [0.29, 0.717) is 28.0 Å². The number of ether oxygens (including phenoxy) is 3. The van der Waals surface area contributed by atoms with Crippen molar-refractivity contribution in [3.8, 4) is 11.5 Å². The van der Waals surface area contributed by atoms with Crippen LogP contribution in [0.4, 0.5) is 0 Å². The van der Waals surface area contributed by atoms with Gasteiger partial charge in [0.25, 0.3) is 0 Å². The fourth-order valence-corrected chi connectivity index (χ4v) is 3.16. The van der Waals surface area contributed by atoms with Crippen LogP contribution in [0.2, 0.25) is 5.02 Å². The molecule has 0 unspecified atom stereocenters. The Kier molecular flexibility index (Phi) is 5.11. The molecule has 1 aliphatic rings. The van der Waals surface area contributed by atoms with Crippen molar-refractivity contribution in [2.24, 2.45) is 4.99 Å². The van der Waals surface area contributed by atoms with Gasteiger partial charge in [-0.25, -0.2) is 9.79 Å². The van der Waals surface area contributed by atoms with Crippen LogP contribution >= 0.6 is 22.9 Å². The van der Waals surface area contributed by atoms with Gasteiger partial charge in [-0.3, -0.25) is 0 Å². The van der Waals surface area contributed by atoms with Gasteiger partial charge in [-0.05, 0) is 49.1 Å². The number of thiophene rings is 1. The topological polar surface area (TPSA) is 57.1 Å². The number of hydrogen-bond donors (Lipinski definition) is 0. The smallest absolute Gasteiger partial charge is 0.363 e. The molecule has 0 saturated heterocycles. The van der Waals surface area contributed by atoms with Gasteiger partial charge >= 0.3 is 5.97 Å². The first kappa shape index (κ1) is 17.5. The van der Waals surface area contributed by atoms with Crippen molar-refractivity contribution in [3.63, 3.8) is 0 Å². The number of cyclic esters (lactones) is 1. The van der Waals surface area contributed by atoms with Gasteiger partial charge in [-0.15, -0.1) is 11.3 Å². The minimum Gasteiger partial charge on any atom is -0.493 e. The fourth-order valence-electron chi connectivity index (χ4n) is 2.25. The first-order chi connectivity index (χ1) is 12.0. The van der Waals surface area contributed by atoms with E-state index in [0.717, 1.165) is 4.88 Å². The van der Waals surface area contributed by atoms with Crippen LogP contribution in [-0.2, 0) is 9.53 Å². The van der Waals surface area contributed by atoms with Crippen LogP contribution in [-0.4, -0.2) is 25.1 Å². The summed E-state index contributed by atoms with van der Waals surface area (Å²) in [7, 11) is 1.53. The summed E-state index contributed by atoms with van der Waals surface area (Å²) in [5.41, 5.74) is 0.875. The van der Waals surface area contributed by atoms with Gasteiger partial charge in [0.15, 0.2) is 17.2 Å². The van der Waals surface area contributed by atoms with E-state index >= 15 is 0 Å². The lowest BCUT2D eigenvalue weighted by atomic mass is 10.1. The van der Waals surface area contributed by atoms with E-state index in [2.05, 4.69) is 4.99 Å². The van der Waals surface area contributed by atoms with Gasteiger partial charge in [0, 0.05) is 0 Å². The summed E-state index contributed by atoms with van der Waals surface area (Å²) in [6.07, 6.45) is 1.56. The third-order valence-corrected chi connectivity index (χ3v) is 4.40. The molecular weight excluding hydrogens is 362 g/mol. The fraction of sp³-hybridized carbons (Fsp3) is 0.222. The highest BCUT2D eigenvalue weighted by Gasteiger charge is 2.25. The second kappa shape index (κ2) is 7.29. The Balaban J connectivity index is 1.95. The number of aliphatic imine (C=N–C) groups is 1. The maximum absolute atomic E-state index is 12.0. The first-order valence-corrected chi connectivity index (χ1v) is 8.84. The van der Waals surface area contributed by atoms with Crippen molar-refractivity contribution in [3.05, 3.63) is 50.8 Å².